The third-order valence-electron chi connectivity index (χ3n) is 4.54. The SMILES string of the molecule is CCC(Oc1cc(OCC(F)(F)F)c(C#N)cc1F)/C(SCc1ccc(C(F)(F)F)cc1)=C(\C)N. The minimum absolute atomic E-state index is 0.234. The Labute approximate surface area is 201 Å². The van der Waals surface area contributed by atoms with Gasteiger partial charge in [-0.3, -0.25) is 0 Å². The molecule has 2 N–H and O–H groups in total. The van der Waals surface area contributed by atoms with Gasteiger partial charge in [0.15, 0.2) is 18.2 Å². The normalized spacial score (nSPS) is 13.6. The molecule has 0 aromatic heterocycles. The summed E-state index contributed by atoms with van der Waals surface area (Å²) in [7, 11) is 0. The van der Waals surface area contributed by atoms with Crippen LogP contribution in [0, 0.1) is 17.1 Å². The number of thioether (sulfide) groups is 1. The molecule has 12 heteroatoms. The molecule has 35 heavy (non-hydrogen) atoms. The Morgan fingerprint density at radius 3 is 2.20 bits per heavy atom. The van der Waals surface area contributed by atoms with Crippen LogP contribution in [-0.2, 0) is 11.9 Å². The summed E-state index contributed by atoms with van der Waals surface area (Å²) in [6, 6.07) is 7.71. The van der Waals surface area contributed by atoms with E-state index in [2.05, 4.69) is 4.74 Å². The summed E-state index contributed by atoms with van der Waals surface area (Å²) in [6.45, 7) is 1.59. The summed E-state index contributed by atoms with van der Waals surface area (Å²) >= 11 is 1.17. The Kier molecular flexibility index (Phi) is 9.31. The first-order valence-electron chi connectivity index (χ1n) is 10.1. The lowest BCUT2D eigenvalue weighted by molar-refractivity contribution is -0.153. The maximum Gasteiger partial charge on any atom is 0.422 e. The summed E-state index contributed by atoms with van der Waals surface area (Å²) in [5, 5.41) is 9.08. The van der Waals surface area contributed by atoms with Gasteiger partial charge >= 0.3 is 12.4 Å². The predicted octanol–water partition coefficient (Wildman–Crippen LogP) is 6.94. The first kappa shape index (κ1) is 28.2. The highest BCUT2D eigenvalue weighted by Gasteiger charge is 2.31. The van der Waals surface area contributed by atoms with E-state index < -0.39 is 53.5 Å². The molecule has 1 atom stereocenters. The van der Waals surface area contributed by atoms with Crippen LogP contribution in [0.25, 0.3) is 0 Å². The van der Waals surface area contributed by atoms with Gasteiger partial charge in [0.25, 0.3) is 0 Å². The number of halogens is 7. The predicted molar refractivity (Wildman–Crippen MR) is 117 cm³/mol. The van der Waals surface area contributed by atoms with Gasteiger partial charge in [-0.25, -0.2) is 4.39 Å². The van der Waals surface area contributed by atoms with Crippen molar-refractivity contribution in [1.29, 1.82) is 5.26 Å². The monoisotopic (exact) mass is 522 g/mol. The Hall–Kier alpha value is -3.07. The van der Waals surface area contributed by atoms with Gasteiger partial charge in [0.2, 0.25) is 0 Å². The smallest absolute Gasteiger partial charge is 0.422 e. The fourth-order valence-corrected chi connectivity index (χ4v) is 4.02. The zero-order valence-electron chi connectivity index (χ0n) is 18.6. The van der Waals surface area contributed by atoms with Crippen molar-refractivity contribution in [2.24, 2.45) is 5.73 Å². The van der Waals surface area contributed by atoms with Gasteiger partial charge in [0, 0.05) is 22.4 Å². The average molecular weight is 522 g/mol. The molecule has 0 aliphatic heterocycles. The lowest BCUT2D eigenvalue weighted by Crippen LogP contribution is -2.21. The van der Waals surface area contributed by atoms with Gasteiger partial charge in [-0.05, 0) is 37.1 Å². The Morgan fingerprint density at radius 2 is 1.71 bits per heavy atom. The Morgan fingerprint density at radius 1 is 1.09 bits per heavy atom. The van der Waals surface area contributed by atoms with Crippen molar-refractivity contribution in [2.45, 2.75) is 44.5 Å². The standard InChI is InChI=1S/C23H21F7N2O2S/c1-3-18(21(13(2)32)35-11-14-4-6-16(7-5-14)23(28,29)30)34-20-9-19(33-12-22(25,26)27)15(10-31)8-17(20)24/h4-9,18H,3,11-12,32H2,1-2H3/b21-13-. The highest BCUT2D eigenvalue weighted by atomic mass is 32.2. The minimum atomic E-state index is -4.67. The molecule has 0 amide bonds. The van der Waals surface area contributed by atoms with Crippen molar-refractivity contribution < 1.29 is 40.2 Å². The summed E-state index contributed by atoms with van der Waals surface area (Å²) < 4.78 is 101. The second-order valence-electron chi connectivity index (χ2n) is 7.34. The molecule has 0 fully saturated rings. The van der Waals surface area contributed by atoms with Gasteiger partial charge in [0.1, 0.15) is 17.9 Å². The molecule has 0 saturated heterocycles. The topological polar surface area (TPSA) is 68.3 Å². The molecule has 0 heterocycles. The largest absolute Gasteiger partial charge is 0.483 e. The summed E-state index contributed by atoms with van der Waals surface area (Å²) in [5.74, 6) is -1.69. The maximum atomic E-state index is 14.5. The molecular formula is C23H21F7N2O2S. The minimum Gasteiger partial charge on any atom is -0.483 e. The first-order chi connectivity index (χ1) is 16.2. The molecule has 0 aliphatic carbocycles. The number of nitriles is 1. The fourth-order valence-electron chi connectivity index (χ4n) is 2.88. The molecule has 1 unspecified atom stereocenters. The second-order valence-corrected chi connectivity index (χ2v) is 8.36. The molecule has 0 spiro atoms. The van der Waals surface area contributed by atoms with Crippen molar-refractivity contribution in [3.63, 3.8) is 0 Å². The number of nitrogens with zero attached hydrogens (tertiary/aromatic N) is 1. The highest BCUT2D eigenvalue weighted by molar-refractivity contribution is 8.02. The van der Waals surface area contributed by atoms with E-state index >= 15 is 0 Å². The van der Waals surface area contributed by atoms with Gasteiger partial charge in [0.05, 0.1) is 11.1 Å². The number of hydrogen-bond donors (Lipinski definition) is 1. The van der Waals surface area contributed by atoms with Crippen LogP contribution in [0.2, 0.25) is 0 Å². The average Bonchev–Trinajstić information content (AvgIpc) is 2.77. The van der Waals surface area contributed by atoms with Crippen LogP contribution < -0.4 is 15.2 Å². The van der Waals surface area contributed by atoms with Crippen molar-refractivity contribution in [1.82, 2.24) is 0 Å². The highest BCUT2D eigenvalue weighted by Crippen LogP contribution is 2.35. The number of ether oxygens (including phenoxy) is 2. The summed E-state index contributed by atoms with van der Waals surface area (Å²) in [6.07, 6.45) is -9.67. The van der Waals surface area contributed by atoms with Gasteiger partial charge in [-0.1, -0.05) is 19.1 Å². The van der Waals surface area contributed by atoms with Crippen LogP contribution in [0.3, 0.4) is 0 Å². The quantitative estimate of drug-likeness (QED) is 0.362. The Balaban J connectivity index is 2.23. The second kappa shape index (κ2) is 11.6. The molecule has 0 saturated carbocycles. The molecule has 190 valence electrons. The number of benzene rings is 2. The molecule has 0 radical (unpaired) electrons. The zero-order valence-corrected chi connectivity index (χ0v) is 19.4. The molecule has 2 aromatic carbocycles. The van der Waals surface area contributed by atoms with E-state index in [1.807, 2.05) is 0 Å². The summed E-state index contributed by atoms with van der Waals surface area (Å²) in [5.41, 5.74) is 5.63. The molecule has 4 nitrogen and oxygen atoms in total. The van der Waals surface area contributed by atoms with Crippen molar-refractivity contribution >= 4 is 11.8 Å². The molecule has 2 rings (SSSR count). The fraction of sp³-hybridized carbons (Fsp3) is 0.348. The van der Waals surface area contributed by atoms with Crippen LogP contribution in [0.4, 0.5) is 30.7 Å². The number of nitrogens with two attached hydrogens (primary N) is 1. The van der Waals surface area contributed by atoms with Crippen molar-refractivity contribution in [2.75, 3.05) is 6.61 Å². The van der Waals surface area contributed by atoms with E-state index in [0.717, 1.165) is 18.2 Å². The lowest BCUT2D eigenvalue weighted by Gasteiger charge is -2.23. The molecule has 0 bridgehead atoms. The first-order valence-corrected chi connectivity index (χ1v) is 11.1. The number of alkyl halides is 6. The third-order valence-corrected chi connectivity index (χ3v) is 5.92. The van der Waals surface area contributed by atoms with E-state index in [1.54, 1.807) is 19.9 Å². The van der Waals surface area contributed by atoms with Gasteiger partial charge < -0.3 is 15.2 Å². The van der Waals surface area contributed by atoms with Crippen LogP contribution in [0.5, 0.6) is 11.5 Å². The van der Waals surface area contributed by atoms with E-state index in [0.29, 0.717) is 22.2 Å². The van der Waals surface area contributed by atoms with Crippen LogP contribution in [0.1, 0.15) is 37.0 Å². The lowest BCUT2D eigenvalue weighted by atomic mass is 10.1. The van der Waals surface area contributed by atoms with Gasteiger partial charge in [-0.15, -0.1) is 11.8 Å². The Bertz CT molecular complexity index is 1090. The van der Waals surface area contributed by atoms with E-state index in [1.165, 1.54) is 23.9 Å². The van der Waals surface area contributed by atoms with Crippen molar-refractivity contribution in [3.8, 4) is 17.6 Å². The molecular weight excluding hydrogens is 501 g/mol. The van der Waals surface area contributed by atoms with Gasteiger partial charge in [-0.2, -0.15) is 31.6 Å². The molecule has 2 aromatic rings. The van der Waals surface area contributed by atoms with E-state index in [-0.39, 0.29) is 12.2 Å². The van der Waals surface area contributed by atoms with E-state index in [4.69, 9.17) is 15.7 Å². The zero-order chi connectivity index (χ0) is 26.4. The maximum absolute atomic E-state index is 14.5. The number of hydrogen-bond acceptors (Lipinski definition) is 5. The summed E-state index contributed by atoms with van der Waals surface area (Å²) in [4.78, 5) is 0.467. The van der Waals surface area contributed by atoms with Crippen LogP contribution in [-0.4, -0.2) is 18.9 Å². The van der Waals surface area contributed by atoms with E-state index in [9.17, 15) is 30.7 Å². The van der Waals surface area contributed by atoms with Crippen LogP contribution in [0.15, 0.2) is 47.0 Å². The van der Waals surface area contributed by atoms with Crippen molar-refractivity contribution in [3.05, 3.63) is 69.5 Å². The van der Waals surface area contributed by atoms with Crippen LogP contribution >= 0.6 is 11.8 Å². The third kappa shape index (κ3) is 8.28. The number of rotatable bonds is 9. The number of allylic oxidation sites excluding steroid dienone is 1. The molecule has 0 aliphatic rings.